The van der Waals surface area contributed by atoms with E-state index in [4.69, 9.17) is 14.2 Å². The molecule has 2 atom stereocenters. The van der Waals surface area contributed by atoms with E-state index in [-0.39, 0.29) is 17.6 Å². The summed E-state index contributed by atoms with van der Waals surface area (Å²) in [6, 6.07) is 21.6. The molecule has 1 heterocycles. The van der Waals surface area contributed by atoms with Crippen LogP contribution in [0, 0.1) is 0 Å². The van der Waals surface area contributed by atoms with E-state index in [1.165, 1.54) is 5.56 Å². The maximum absolute atomic E-state index is 9.65. The second-order valence-electron chi connectivity index (χ2n) is 6.66. The molecule has 0 amide bonds. The number of benzene rings is 3. The number of phenols is 1. The van der Waals surface area contributed by atoms with Crippen molar-refractivity contribution in [3.63, 3.8) is 0 Å². The quantitative estimate of drug-likeness (QED) is 0.730. The van der Waals surface area contributed by atoms with Crippen LogP contribution in [0.2, 0.25) is 0 Å². The van der Waals surface area contributed by atoms with Crippen LogP contribution in [-0.4, -0.2) is 25.9 Å². The van der Waals surface area contributed by atoms with Crippen LogP contribution in [0.3, 0.4) is 0 Å². The molecule has 0 saturated heterocycles. The first-order valence-corrected chi connectivity index (χ1v) is 8.93. The van der Waals surface area contributed by atoms with Crippen molar-refractivity contribution in [3.05, 3.63) is 83.4 Å². The van der Waals surface area contributed by atoms with Crippen LogP contribution < -0.4 is 14.2 Å². The van der Waals surface area contributed by atoms with Crippen molar-refractivity contribution in [1.29, 1.82) is 0 Å². The molecule has 0 fully saturated rings. The normalized spacial score (nSPS) is 18.3. The number of rotatable bonds is 4. The van der Waals surface area contributed by atoms with Gasteiger partial charge in [-0.05, 0) is 41.5 Å². The fourth-order valence-electron chi connectivity index (χ4n) is 3.75. The molecule has 138 valence electrons. The Bertz CT molecular complexity index is 916. The van der Waals surface area contributed by atoms with Crippen molar-refractivity contribution in [1.82, 2.24) is 0 Å². The number of hydrogen-bond donors (Lipinski definition) is 1. The molecule has 0 spiro atoms. The van der Waals surface area contributed by atoms with Gasteiger partial charge in [0.2, 0.25) is 0 Å². The summed E-state index contributed by atoms with van der Waals surface area (Å²) in [7, 11) is 3.33. The monoisotopic (exact) mass is 362 g/mol. The van der Waals surface area contributed by atoms with Gasteiger partial charge in [-0.1, -0.05) is 30.3 Å². The minimum absolute atomic E-state index is 0.134. The van der Waals surface area contributed by atoms with Gasteiger partial charge in [0.1, 0.15) is 23.0 Å². The van der Waals surface area contributed by atoms with E-state index < -0.39 is 0 Å². The van der Waals surface area contributed by atoms with E-state index in [1.54, 1.807) is 26.4 Å². The van der Waals surface area contributed by atoms with Gasteiger partial charge in [-0.25, -0.2) is 0 Å². The SMILES string of the molecule is COc1ccc(C2c3ccc(OC)cc3OCC2c2ccc(O)cc2)cc1. The second kappa shape index (κ2) is 7.23. The van der Waals surface area contributed by atoms with Gasteiger partial charge in [0.15, 0.2) is 0 Å². The highest BCUT2D eigenvalue weighted by Crippen LogP contribution is 2.47. The van der Waals surface area contributed by atoms with Gasteiger partial charge in [-0.15, -0.1) is 0 Å². The van der Waals surface area contributed by atoms with E-state index in [9.17, 15) is 5.11 Å². The number of aromatic hydroxyl groups is 1. The zero-order chi connectivity index (χ0) is 18.8. The molecule has 3 aromatic carbocycles. The summed E-state index contributed by atoms with van der Waals surface area (Å²) in [5.41, 5.74) is 3.46. The molecule has 3 aromatic rings. The van der Waals surface area contributed by atoms with Crippen LogP contribution in [0.1, 0.15) is 28.5 Å². The summed E-state index contributed by atoms with van der Waals surface area (Å²) < 4.78 is 16.8. The van der Waals surface area contributed by atoms with Crippen molar-refractivity contribution in [2.24, 2.45) is 0 Å². The van der Waals surface area contributed by atoms with Crippen molar-refractivity contribution >= 4 is 0 Å². The third-order valence-electron chi connectivity index (χ3n) is 5.17. The van der Waals surface area contributed by atoms with Crippen molar-refractivity contribution in [2.75, 3.05) is 20.8 Å². The molecule has 0 aliphatic carbocycles. The molecule has 4 rings (SSSR count). The van der Waals surface area contributed by atoms with E-state index in [0.717, 1.165) is 28.4 Å². The van der Waals surface area contributed by atoms with Gasteiger partial charge in [0.05, 0.1) is 20.8 Å². The van der Waals surface area contributed by atoms with Crippen molar-refractivity contribution < 1.29 is 19.3 Å². The lowest BCUT2D eigenvalue weighted by molar-refractivity contribution is 0.247. The first-order valence-electron chi connectivity index (χ1n) is 8.93. The third kappa shape index (κ3) is 3.31. The van der Waals surface area contributed by atoms with Crippen LogP contribution in [0.15, 0.2) is 66.7 Å². The topological polar surface area (TPSA) is 47.9 Å². The number of phenolic OH excluding ortho intramolecular Hbond substituents is 1. The number of methoxy groups -OCH3 is 2. The molecular formula is C23H22O4. The Morgan fingerprint density at radius 1 is 0.815 bits per heavy atom. The van der Waals surface area contributed by atoms with E-state index >= 15 is 0 Å². The highest BCUT2D eigenvalue weighted by Gasteiger charge is 2.33. The fraction of sp³-hybridized carbons (Fsp3) is 0.217. The molecule has 0 radical (unpaired) electrons. The molecule has 4 nitrogen and oxygen atoms in total. The van der Waals surface area contributed by atoms with E-state index in [2.05, 4.69) is 18.2 Å². The summed E-state index contributed by atoms with van der Waals surface area (Å²) >= 11 is 0. The van der Waals surface area contributed by atoms with Gasteiger partial charge in [0, 0.05) is 23.5 Å². The van der Waals surface area contributed by atoms with Crippen LogP contribution in [0.4, 0.5) is 0 Å². The van der Waals surface area contributed by atoms with Gasteiger partial charge in [-0.2, -0.15) is 0 Å². The Morgan fingerprint density at radius 2 is 1.44 bits per heavy atom. The molecule has 0 saturated carbocycles. The predicted octanol–water partition coefficient (Wildman–Crippen LogP) is 4.72. The first-order chi connectivity index (χ1) is 13.2. The Labute approximate surface area is 158 Å². The number of hydrogen-bond acceptors (Lipinski definition) is 4. The molecule has 27 heavy (non-hydrogen) atoms. The third-order valence-corrected chi connectivity index (χ3v) is 5.17. The largest absolute Gasteiger partial charge is 0.508 e. The average molecular weight is 362 g/mol. The van der Waals surface area contributed by atoms with Gasteiger partial charge >= 0.3 is 0 Å². The highest BCUT2D eigenvalue weighted by atomic mass is 16.5. The average Bonchev–Trinajstić information content (AvgIpc) is 2.73. The Kier molecular flexibility index (Phi) is 4.63. The Balaban J connectivity index is 1.81. The van der Waals surface area contributed by atoms with E-state index in [0.29, 0.717) is 6.61 Å². The van der Waals surface area contributed by atoms with Gasteiger partial charge in [-0.3, -0.25) is 0 Å². The summed E-state index contributed by atoms with van der Waals surface area (Å²) in [5, 5.41) is 9.65. The summed E-state index contributed by atoms with van der Waals surface area (Å²) in [5.74, 6) is 3.01. The lowest BCUT2D eigenvalue weighted by Gasteiger charge is -2.34. The maximum atomic E-state index is 9.65. The maximum Gasteiger partial charge on any atom is 0.126 e. The van der Waals surface area contributed by atoms with Crippen LogP contribution >= 0.6 is 0 Å². The molecule has 1 N–H and O–H groups in total. The zero-order valence-corrected chi connectivity index (χ0v) is 15.4. The summed E-state index contributed by atoms with van der Waals surface area (Å²) in [4.78, 5) is 0. The molecule has 0 bridgehead atoms. The molecule has 0 aromatic heterocycles. The predicted molar refractivity (Wildman–Crippen MR) is 104 cm³/mol. The standard InChI is InChI=1S/C23H22O4/c1-25-18-9-5-16(6-10-18)23-20-12-11-19(26-2)13-22(20)27-14-21(23)15-3-7-17(24)8-4-15/h3-13,21,23-24H,14H2,1-2H3. The Hall–Kier alpha value is -3.14. The molecule has 2 unspecified atom stereocenters. The molecular weight excluding hydrogens is 340 g/mol. The minimum Gasteiger partial charge on any atom is -0.508 e. The lowest BCUT2D eigenvalue weighted by Crippen LogP contribution is -2.25. The number of fused-ring (bicyclic) bond motifs is 1. The summed E-state index contributed by atoms with van der Waals surface area (Å²) in [6.07, 6.45) is 0. The first kappa shape index (κ1) is 17.3. The van der Waals surface area contributed by atoms with Crippen LogP contribution in [0.25, 0.3) is 0 Å². The molecule has 4 heteroatoms. The van der Waals surface area contributed by atoms with E-state index in [1.807, 2.05) is 36.4 Å². The zero-order valence-electron chi connectivity index (χ0n) is 15.4. The van der Waals surface area contributed by atoms with Crippen LogP contribution in [-0.2, 0) is 0 Å². The summed E-state index contributed by atoms with van der Waals surface area (Å²) in [6.45, 7) is 0.557. The van der Waals surface area contributed by atoms with Crippen LogP contribution in [0.5, 0.6) is 23.0 Å². The Morgan fingerprint density at radius 3 is 2.11 bits per heavy atom. The highest BCUT2D eigenvalue weighted by molar-refractivity contribution is 5.51. The minimum atomic E-state index is 0.134. The second-order valence-corrected chi connectivity index (χ2v) is 6.66. The fourth-order valence-corrected chi connectivity index (χ4v) is 3.75. The lowest BCUT2D eigenvalue weighted by atomic mass is 9.76. The molecule has 1 aliphatic rings. The van der Waals surface area contributed by atoms with Gasteiger partial charge in [0.25, 0.3) is 0 Å². The van der Waals surface area contributed by atoms with Crippen molar-refractivity contribution in [3.8, 4) is 23.0 Å². The molecule has 1 aliphatic heterocycles. The number of ether oxygens (including phenoxy) is 3. The van der Waals surface area contributed by atoms with Gasteiger partial charge < -0.3 is 19.3 Å². The smallest absolute Gasteiger partial charge is 0.126 e. The van der Waals surface area contributed by atoms with Crippen molar-refractivity contribution in [2.45, 2.75) is 11.8 Å².